The zero-order valence-electron chi connectivity index (χ0n) is 22.1. The number of likely N-dealkylation sites (tertiary alicyclic amines) is 1. The van der Waals surface area contributed by atoms with Crippen molar-refractivity contribution in [1.82, 2.24) is 19.9 Å². The number of aromatic nitrogens is 3. The molecule has 200 valence electrons. The summed E-state index contributed by atoms with van der Waals surface area (Å²) in [5.74, 6) is 0.424. The van der Waals surface area contributed by atoms with Crippen LogP contribution in [0.15, 0.2) is 79.0 Å². The van der Waals surface area contributed by atoms with Crippen molar-refractivity contribution in [1.29, 1.82) is 0 Å². The van der Waals surface area contributed by atoms with Crippen molar-refractivity contribution in [2.45, 2.75) is 32.4 Å². The Morgan fingerprint density at radius 2 is 1.62 bits per heavy atom. The molecule has 0 aliphatic carbocycles. The number of nitrogens with one attached hydrogen (secondary N) is 2. The summed E-state index contributed by atoms with van der Waals surface area (Å²) in [6, 6.07) is 23.3. The predicted molar refractivity (Wildman–Crippen MR) is 151 cm³/mol. The van der Waals surface area contributed by atoms with Crippen LogP contribution in [0.25, 0.3) is 11.1 Å². The highest BCUT2D eigenvalue weighted by atomic mass is 16.5. The first kappa shape index (κ1) is 26.1. The molecule has 0 atom stereocenters. The van der Waals surface area contributed by atoms with E-state index in [1.165, 1.54) is 6.92 Å². The molecule has 0 spiro atoms. The van der Waals surface area contributed by atoms with E-state index in [-0.39, 0.29) is 23.6 Å². The molecular formula is C30H32N6O3. The summed E-state index contributed by atoms with van der Waals surface area (Å²) in [6.45, 7) is 4.02. The first-order chi connectivity index (χ1) is 18.9. The third-order valence-electron chi connectivity index (χ3n) is 6.66. The zero-order valence-corrected chi connectivity index (χ0v) is 22.1. The van der Waals surface area contributed by atoms with Crippen molar-refractivity contribution in [3.8, 4) is 16.9 Å². The molecule has 1 aliphatic rings. The van der Waals surface area contributed by atoms with Crippen molar-refractivity contribution in [3.05, 3.63) is 90.3 Å². The summed E-state index contributed by atoms with van der Waals surface area (Å²) in [4.78, 5) is 26.4. The van der Waals surface area contributed by atoms with Crippen molar-refractivity contribution in [3.63, 3.8) is 0 Å². The molecule has 1 aromatic heterocycles. The van der Waals surface area contributed by atoms with Crippen LogP contribution in [0.1, 0.15) is 35.8 Å². The van der Waals surface area contributed by atoms with E-state index in [2.05, 4.69) is 45.0 Å². The maximum Gasteiger partial charge on any atom is 0.277 e. The summed E-state index contributed by atoms with van der Waals surface area (Å²) < 4.78 is 7.74. The lowest BCUT2D eigenvalue weighted by atomic mass is 10.0. The molecule has 39 heavy (non-hydrogen) atoms. The molecule has 1 fully saturated rings. The highest BCUT2D eigenvalue weighted by molar-refractivity contribution is 6.02. The molecule has 0 bridgehead atoms. The smallest absolute Gasteiger partial charge is 0.277 e. The minimum atomic E-state index is -0.337. The number of benzene rings is 3. The van der Waals surface area contributed by atoms with Crippen LogP contribution in [0.5, 0.6) is 5.75 Å². The first-order valence-electron chi connectivity index (χ1n) is 13.0. The molecule has 1 aliphatic heterocycles. The van der Waals surface area contributed by atoms with Gasteiger partial charge in [-0.05, 0) is 73.0 Å². The van der Waals surface area contributed by atoms with Crippen LogP contribution in [-0.4, -0.2) is 57.9 Å². The van der Waals surface area contributed by atoms with Gasteiger partial charge in [-0.25, -0.2) is 4.68 Å². The predicted octanol–water partition coefficient (Wildman–Crippen LogP) is 4.68. The van der Waals surface area contributed by atoms with E-state index in [4.69, 9.17) is 4.74 Å². The van der Waals surface area contributed by atoms with Crippen LogP contribution in [0, 0.1) is 0 Å². The van der Waals surface area contributed by atoms with Gasteiger partial charge in [0.05, 0.1) is 12.7 Å². The van der Waals surface area contributed by atoms with E-state index < -0.39 is 0 Å². The van der Waals surface area contributed by atoms with E-state index in [1.54, 1.807) is 10.9 Å². The maximum absolute atomic E-state index is 12.7. The average Bonchev–Trinajstić information content (AvgIpc) is 3.39. The van der Waals surface area contributed by atoms with E-state index in [1.807, 2.05) is 60.7 Å². The van der Waals surface area contributed by atoms with Gasteiger partial charge in [-0.15, -0.1) is 5.10 Å². The van der Waals surface area contributed by atoms with Gasteiger partial charge in [-0.3, -0.25) is 9.59 Å². The molecular weight excluding hydrogens is 492 g/mol. The number of hydrogen-bond donors (Lipinski definition) is 2. The Kier molecular flexibility index (Phi) is 7.98. The van der Waals surface area contributed by atoms with Gasteiger partial charge in [0.15, 0.2) is 5.69 Å². The lowest BCUT2D eigenvalue weighted by Crippen LogP contribution is -2.35. The van der Waals surface area contributed by atoms with Gasteiger partial charge in [-0.2, -0.15) is 0 Å². The number of rotatable bonds is 8. The van der Waals surface area contributed by atoms with Crippen molar-refractivity contribution in [2.75, 3.05) is 30.8 Å². The fourth-order valence-electron chi connectivity index (χ4n) is 4.58. The molecule has 4 aromatic rings. The minimum absolute atomic E-state index is 0.134. The summed E-state index contributed by atoms with van der Waals surface area (Å²) in [5, 5.41) is 13.7. The quantitative estimate of drug-likeness (QED) is 0.347. The van der Waals surface area contributed by atoms with Crippen LogP contribution in [-0.2, 0) is 11.3 Å². The third-order valence-corrected chi connectivity index (χ3v) is 6.66. The molecule has 1 saturated heterocycles. The Morgan fingerprint density at radius 1 is 0.923 bits per heavy atom. The maximum atomic E-state index is 12.7. The second-order valence-corrected chi connectivity index (χ2v) is 9.86. The lowest BCUT2D eigenvalue weighted by molar-refractivity contribution is -0.114. The van der Waals surface area contributed by atoms with Gasteiger partial charge in [0.2, 0.25) is 5.91 Å². The highest BCUT2D eigenvalue weighted by Crippen LogP contribution is 2.26. The molecule has 2 amide bonds. The molecule has 0 radical (unpaired) electrons. The topological polar surface area (TPSA) is 101 Å². The number of nitrogens with zero attached hydrogens (tertiary/aromatic N) is 4. The molecule has 5 rings (SSSR count). The third kappa shape index (κ3) is 7.08. The zero-order chi connectivity index (χ0) is 27.2. The van der Waals surface area contributed by atoms with Crippen molar-refractivity contribution < 1.29 is 14.3 Å². The molecule has 0 unspecified atom stereocenters. The Balaban J connectivity index is 1.15. The SMILES string of the molecule is CC(=O)Nc1cccc(Cn2cc(C(=O)Nc3ccc(-c4ccc(OC5CCN(C)CC5)cc4)cc3)nn2)c1. The number of carbonyl (C=O) groups is 2. The van der Waals surface area contributed by atoms with Crippen LogP contribution in [0.2, 0.25) is 0 Å². The van der Waals surface area contributed by atoms with Crippen molar-refractivity contribution >= 4 is 23.2 Å². The van der Waals surface area contributed by atoms with Gasteiger partial charge < -0.3 is 20.3 Å². The number of carbonyl (C=O) groups excluding carboxylic acids is 2. The fourth-order valence-corrected chi connectivity index (χ4v) is 4.58. The highest BCUT2D eigenvalue weighted by Gasteiger charge is 2.18. The molecule has 9 heteroatoms. The summed E-state index contributed by atoms with van der Waals surface area (Å²) >= 11 is 0. The van der Waals surface area contributed by atoms with Gasteiger partial charge >= 0.3 is 0 Å². The minimum Gasteiger partial charge on any atom is -0.490 e. The second-order valence-electron chi connectivity index (χ2n) is 9.86. The lowest BCUT2D eigenvalue weighted by Gasteiger charge is -2.29. The van der Waals surface area contributed by atoms with Gasteiger partial charge in [0.25, 0.3) is 5.91 Å². The Bertz CT molecular complexity index is 1420. The van der Waals surface area contributed by atoms with Crippen LogP contribution >= 0.6 is 0 Å². The largest absolute Gasteiger partial charge is 0.490 e. The first-order valence-corrected chi connectivity index (χ1v) is 13.0. The monoisotopic (exact) mass is 524 g/mol. The van der Waals surface area contributed by atoms with Crippen LogP contribution in [0.3, 0.4) is 0 Å². The summed E-state index contributed by atoms with van der Waals surface area (Å²) in [6.07, 6.45) is 3.98. The van der Waals surface area contributed by atoms with E-state index in [0.717, 1.165) is 48.4 Å². The fraction of sp³-hybridized carbons (Fsp3) is 0.267. The molecule has 2 N–H and O–H groups in total. The number of anilines is 2. The van der Waals surface area contributed by atoms with Gasteiger partial charge in [0, 0.05) is 31.4 Å². The van der Waals surface area contributed by atoms with Crippen LogP contribution < -0.4 is 15.4 Å². The summed E-state index contributed by atoms with van der Waals surface area (Å²) in [5.41, 5.74) is 4.65. The Labute approximate surface area is 227 Å². The van der Waals surface area contributed by atoms with Crippen LogP contribution in [0.4, 0.5) is 11.4 Å². The van der Waals surface area contributed by atoms with E-state index in [0.29, 0.717) is 17.9 Å². The van der Waals surface area contributed by atoms with Gasteiger partial charge in [0.1, 0.15) is 11.9 Å². The number of piperidine rings is 1. The van der Waals surface area contributed by atoms with Crippen molar-refractivity contribution in [2.24, 2.45) is 0 Å². The Hall–Kier alpha value is -4.50. The normalized spacial score (nSPS) is 14.1. The van der Waals surface area contributed by atoms with E-state index >= 15 is 0 Å². The molecule has 9 nitrogen and oxygen atoms in total. The number of ether oxygens (including phenoxy) is 1. The number of amides is 2. The molecule has 0 saturated carbocycles. The standard InChI is InChI=1S/C30H32N6O3/c1-21(37)31-26-5-3-4-22(18-26)19-36-20-29(33-34-36)30(38)32-25-10-6-23(7-11-25)24-8-12-27(13-9-24)39-28-14-16-35(2)17-15-28/h3-13,18,20,28H,14-17,19H2,1-2H3,(H,31,37)(H,32,38). The summed E-state index contributed by atoms with van der Waals surface area (Å²) in [7, 11) is 2.15. The van der Waals surface area contributed by atoms with Gasteiger partial charge in [-0.1, -0.05) is 41.6 Å². The Morgan fingerprint density at radius 3 is 2.31 bits per heavy atom. The second kappa shape index (κ2) is 11.9. The average molecular weight is 525 g/mol. The molecule has 3 aromatic carbocycles. The van der Waals surface area contributed by atoms with E-state index in [9.17, 15) is 9.59 Å². The molecule has 2 heterocycles. The number of hydrogen-bond acceptors (Lipinski definition) is 6.